The fourth-order valence-corrected chi connectivity index (χ4v) is 1.95. The maximum atomic E-state index is 13.7. The number of hydrogen-bond donors (Lipinski definition) is 2. The molecular weight excluding hydrogens is 284 g/mol. The van der Waals surface area contributed by atoms with Gasteiger partial charge in [0.05, 0.1) is 11.2 Å². The van der Waals surface area contributed by atoms with Crippen molar-refractivity contribution in [1.29, 1.82) is 0 Å². The first-order chi connectivity index (χ1) is 7.11. The van der Waals surface area contributed by atoms with Crippen molar-refractivity contribution in [2.24, 2.45) is 0 Å². The summed E-state index contributed by atoms with van der Waals surface area (Å²) in [6.45, 7) is 0. The second-order valence-electron chi connectivity index (χ2n) is 2.92. The van der Waals surface area contributed by atoms with E-state index in [4.69, 9.17) is 17.3 Å². The molecule has 0 saturated heterocycles. The fraction of sp³-hybridized carbons (Fsp3) is 0. The zero-order valence-corrected chi connectivity index (χ0v) is 9.73. The minimum absolute atomic E-state index is 0.0498. The summed E-state index contributed by atoms with van der Waals surface area (Å²) < 4.78 is 14.3. The van der Waals surface area contributed by atoms with E-state index in [1.165, 1.54) is 12.3 Å². The van der Waals surface area contributed by atoms with Gasteiger partial charge in [-0.3, -0.25) is 5.10 Å². The molecule has 0 aliphatic heterocycles. The summed E-state index contributed by atoms with van der Waals surface area (Å²) in [7, 11) is 0. The average molecular weight is 291 g/mol. The van der Waals surface area contributed by atoms with E-state index in [9.17, 15) is 4.39 Å². The molecule has 0 amide bonds. The van der Waals surface area contributed by atoms with Crippen LogP contribution < -0.4 is 5.73 Å². The smallest absolute Gasteiger partial charge is 0.150 e. The first kappa shape index (κ1) is 10.4. The normalized spacial score (nSPS) is 10.6. The lowest BCUT2D eigenvalue weighted by Crippen LogP contribution is -1.92. The molecule has 15 heavy (non-hydrogen) atoms. The number of anilines is 1. The van der Waals surface area contributed by atoms with Gasteiger partial charge in [-0.25, -0.2) is 4.39 Å². The fourth-order valence-electron chi connectivity index (χ4n) is 1.27. The van der Waals surface area contributed by atoms with Crippen molar-refractivity contribution < 1.29 is 4.39 Å². The van der Waals surface area contributed by atoms with Crippen LogP contribution in [-0.4, -0.2) is 10.2 Å². The zero-order valence-electron chi connectivity index (χ0n) is 7.39. The number of nitrogens with zero attached hydrogens (tertiary/aromatic N) is 1. The predicted octanol–water partition coefficient (Wildman–Crippen LogP) is 3.21. The van der Waals surface area contributed by atoms with Gasteiger partial charge in [-0.1, -0.05) is 27.5 Å². The molecule has 3 N–H and O–H groups in total. The predicted molar refractivity (Wildman–Crippen MR) is 61.1 cm³/mol. The number of aromatic amines is 1. The second kappa shape index (κ2) is 3.83. The molecule has 2 rings (SSSR count). The largest absolute Gasteiger partial charge is 0.384 e. The molecule has 3 nitrogen and oxygen atoms in total. The molecular formula is C9H6BrClFN3. The molecule has 0 bridgehead atoms. The highest BCUT2D eigenvalue weighted by Crippen LogP contribution is 2.36. The summed E-state index contributed by atoms with van der Waals surface area (Å²) in [6.07, 6.45) is 1.45. The zero-order chi connectivity index (χ0) is 11.0. The van der Waals surface area contributed by atoms with Crippen molar-refractivity contribution >= 4 is 33.3 Å². The lowest BCUT2D eigenvalue weighted by molar-refractivity contribution is 0.631. The number of hydrogen-bond acceptors (Lipinski definition) is 2. The Hall–Kier alpha value is -1.07. The van der Waals surface area contributed by atoms with Gasteiger partial charge in [-0.05, 0) is 12.1 Å². The van der Waals surface area contributed by atoms with E-state index in [0.717, 1.165) is 0 Å². The Kier molecular flexibility index (Phi) is 2.67. The van der Waals surface area contributed by atoms with Gasteiger partial charge in [0.15, 0.2) is 5.82 Å². The Balaban J connectivity index is 2.72. The molecule has 0 fully saturated rings. The Bertz CT molecular complexity index is 512. The number of nitrogen functional groups attached to an aromatic ring is 1. The molecule has 78 valence electrons. The van der Waals surface area contributed by atoms with Gasteiger partial charge in [-0.2, -0.15) is 5.10 Å². The molecule has 0 saturated carbocycles. The first-order valence-electron chi connectivity index (χ1n) is 4.04. The molecule has 6 heteroatoms. The van der Waals surface area contributed by atoms with Crippen LogP contribution in [0.4, 0.5) is 10.2 Å². The molecule has 0 atom stereocenters. The van der Waals surface area contributed by atoms with E-state index in [-0.39, 0.29) is 5.02 Å². The Morgan fingerprint density at radius 1 is 1.47 bits per heavy atom. The van der Waals surface area contributed by atoms with Gasteiger partial charge < -0.3 is 5.73 Å². The van der Waals surface area contributed by atoms with Crippen LogP contribution in [0.15, 0.2) is 22.8 Å². The van der Waals surface area contributed by atoms with Gasteiger partial charge in [0.2, 0.25) is 0 Å². The highest BCUT2D eigenvalue weighted by Gasteiger charge is 2.16. The minimum atomic E-state index is -0.515. The van der Waals surface area contributed by atoms with E-state index in [0.29, 0.717) is 21.4 Å². The van der Waals surface area contributed by atoms with Crippen LogP contribution in [0.5, 0.6) is 0 Å². The first-order valence-corrected chi connectivity index (χ1v) is 5.21. The van der Waals surface area contributed by atoms with Gasteiger partial charge in [-0.15, -0.1) is 0 Å². The number of nitrogens with two attached hydrogens (primary N) is 1. The maximum Gasteiger partial charge on any atom is 0.150 e. The average Bonchev–Trinajstić information content (AvgIpc) is 2.60. The number of aromatic nitrogens is 2. The van der Waals surface area contributed by atoms with Crippen LogP contribution in [0.1, 0.15) is 0 Å². The summed E-state index contributed by atoms with van der Waals surface area (Å²) >= 11 is 8.93. The van der Waals surface area contributed by atoms with Crippen LogP contribution in [0.3, 0.4) is 0 Å². The number of nitrogens with one attached hydrogen (secondary N) is 1. The summed E-state index contributed by atoms with van der Waals surface area (Å²) in [5.74, 6) is -0.212. The molecule has 0 spiro atoms. The third-order valence-electron chi connectivity index (χ3n) is 1.98. The van der Waals surface area contributed by atoms with Crippen LogP contribution in [0.25, 0.3) is 11.1 Å². The van der Waals surface area contributed by atoms with Crippen molar-refractivity contribution in [3.05, 3.63) is 33.6 Å². The van der Waals surface area contributed by atoms with Crippen molar-refractivity contribution in [2.45, 2.75) is 0 Å². The van der Waals surface area contributed by atoms with Crippen molar-refractivity contribution in [1.82, 2.24) is 10.2 Å². The van der Waals surface area contributed by atoms with Crippen LogP contribution in [0.2, 0.25) is 5.02 Å². The van der Waals surface area contributed by atoms with E-state index in [1.807, 2.05) is 0 Å². The van der Waals surface area contributed by atoms with Crippen molar-refractivity contribution in [2.75, 3.05) is 5.73 Å². The summed E-state index contributed by atoms with van der Waals surface area (Å²) in [6, 6.07) is 3.13. The van der Waals surface area contributed by atoms with E-state index < -0.39 is 5.82 Å². The molecule has 1 aromatic carbocycles. The SMILES string of the molecule is Nc1[nH]ncc1-c1c(Br)ccc(Cl)c1F. The monoisotopic (exact) mass is 289 g/mol. The maximum absolute atomic E-state index is 13.7. The van der Waals surface area contributed by atoms with E-state index >= 15 is 0 Å². The van der Waals surface area contributed by atoms with Crippen molar-refractivity contribution in [3.63, 3.8) is 0 Å². The molecule has 2 aromatic rings. The van der Waals surface area contributed by atoms with Gasteiger partial charge in [0, 0.05) is 15.6 Å². The molecule has 1 aromatic heterocycles. The number of benzene rings is 1. The highest BCUT2D eigenvalue weighted by molar-refractivity contribution is 9.10. The van der Waals surface area contributed by atoms with E-state index in [1.54, 1.807) is 6.07 Å². The number of rotatable bonds is 1. The standard InChI is InChI=1S/C9H6BrClFN3/c10-5-1-2-6(11)8(12)7(5)4-3-14-15-9(4)13/h1-3H,(H3,13,14,15). The Morgan fingerprint density at radius 2 is 2.20 bits per heavy atom. The Labute approximate surface area is 98.6 Å². The summed E-state index contributed by atoms with van der Waals surface area (Å²) in [4.78, 5) is 0. The quantitative estimate of drug-likeness (QED) is 0.792. The molecule has 0 unspecified atom stereocenters. The third kappa shape index (κ3) is 1.72. The van der Waals surface area contributed by atoms with Crippen LogP contribution >= 0.6 is 27.5 Å². The minimum Gasteiger partial charge on any atom is -0.384 e. The third-order valence-corrected chi connectivity index (χ3v) is 2.93. The van der Waals surface area contributed by atoms with Gasteiger partial charge in [0.25, 0.3) is 0 Å². The lowest BCUT2D eigenvalue weighted by Gasteiger charge is -2.05. The molecule has 0 aliphatic rings. The summed E-state index contributed by atoms with van der Waals surface area (Å²) in [5, 5.41) is 6.32. The van der Waals surface area contributed by atoms with Gasteiger partial charge >= 0.3 is 0 Å². The Morgan fingerprint density at radius 3 is 2.80 bits per heavy atom. The number of H-pyrrole nitrogens is 1. The second-order valence-corrected chi connectivity index (χ2v) is 4.18. The highest BCUT2D eigenvalue weighted by atomic mass is 79.9. The van der Waals surface area contributed by atoms with Crippen LogP contribution in [0, 0.1) is 5.82 Å². The van der Waals surface area contributed by atoms with Crippen LogP contribution in [-0.2, 0) is 0 Å². The molecule has 0 radical (unpaired) electrons. The van der Waals surface area contributed by atoms with Crippen molar-refractivity contribution in [3.8, 4) is 11.1 Å². The summed E-state index contributed by atoms with van der Waals surface area (Å²) in [5.41, 5.74) is 6.41. The topological polar surface area (TPSA) is 54.7 Å². The molecule has 0 aliphatic carbocycles. The molecule has 1 heterocycles. The van der Waals surface area contributed by atoms with E-state index in [2.05, 4.69) is 26.1 Å². The number of halogens is 3. The van der Waals surface area contributed by atoms with Gasteiger partial charge in [0.1, 0.15) is 5.82 Å². The lowest BCUT2D eigenvalue weighted by atomic mass is 10.1.